The van der Waals surface area contributed by atoms with Gasteiger partial charge in [0, 0.05) is 0 Å². The van der Waals surface area contributed by atoms with Crippen LogP contribution in [0, 0.1) is 0 Å². The molecule has 0 aliphatic heterocycles. The van der Waals surface area contributed by atoms with E-state index >= 15 is 0 Å². The van der Waals surface area contributed by atoms with Gasteiger partial charge in [-0.1, -0.05) is 13.1 Å². The average Bonchev–Trinajstić information content (AvgIpc) is 1.60. The SMILES string of the molecule is CN(C)S[Si](C)(C)C(F)F. The van der Waals surface area contributed by atoms with Crippen molar-refractivity contribution in [3.63, 3.8) is 0 Å². The van der Waals surface area contributed by atoms with E-state index in [1.165, 1.54) is 11.4 Å². The first-order valence-electron chi connectivity index (χ1n) is 3.01. The predicted molar refractivity (Wildman–Crippen MR) is 44.8 cm³/mol. The van der Waals surface area contributed by atoms with Crippen molar-refractivity contribution < 1.29 is 8.78 Å². The fourth-order valence-corrected chi connectivity index (χ4v) is 4.59. The first-order chi connectivity index (χ1) is 4.36. The molecule has 5 heteroatoms. The van der Waals surface area contributed by atoms with Crippen LogP contribution in [0.2, 0.25) is 13.1 Å². The third-order valence-corrected chi connectivity index (χ3v) is 5.87. The second kappa shape index (κ2) is 3.68. The van der Waals surface area contributed by atoms with Crippen molar-refractivity contribution in [2.24, 2.45) is 0 Å². The molecule has 1 nitrogen and oxygen atoms in total. The van der Waals surface area contributed by atoms with E-state index in [1.807, 2.05) is 0 Å². The Bertz CT molecular complexity index is 108. The Morgan fingerprint density at radius 2 is 1.70 bits per heavy atom. The number of halogens is 2. The van der Waals surface area contributed by atoms with E-state index in [2.05, 4.69) is 0 Å². The Kier molecular flexibility index (Phi) is 3.83. The molecule has 0 aromatic heterocycles. The van der Waals surface area contributed by atoms with E-state index in [0.29, 0.717) is 0 Å². The molecule has 0 bridgehead atoms. The zero-order valence-corrected chi connectivity index (χ0v) is 8.51. The van der Waals surface area contributed by atoms with Crippen molar-refractivity contribution in [1.82, 2.24) is 4.31 Å². The van der Waals surface area contributed by atoms with Crippen LogP contribution in [0.25, 0.3) is 0 Å². The van der Waals surface area contributed by atoms with Crippen molar-refractivity contribution in [2.75, 3.05) is 14.1 Å². The zero-order valence-electron chi connectivity index (χ0n) is 6.69. The molecule has 0 saturated heterocycles. The third-order valence-electron chi connectivity index (χ3n) is 0.943. The van der Waals surface area contributed by atoms with Crippen LogP contribution in [0.3, 0.4) is 0 Å². The third kappa shape index (κ3) is 3.53. The van der Waals surface area contributed by atoms with E-state index in [9.17, 15) is 8.78 Å². The van der Waals surface area contributed by atoms with Gasteiger partial charge in [0.25, 0.3) is 0 Å². The van der Waals surface area contributed by atoms with Crippen LogP contribution in [0.4, 0.5) is 8.78 Å². The second-order valence-corrected chi connectivity index (χ2v) is 11.1. The minimum Gasteiger partial charge on any atom is -0.262 e. The molecule has 0 aromatic carbocycles. The smallest absolute Gasteiger partial charge is 0.233 e. The van der Waals surface area contributed by atoms with E-state index in [4.69, 9.17) is 0 Å². The average molecular weight is 185 g/mol. The summed E-state index contributed by atoms with van der Waals surface area (Å²) in [6, 6.07) is -2.14. The molecule has 0 aliphatic rings. The van der Waals surface area contributed by atoms with Crippen LogP contribution in [-0.4, -0.2) is 31.7 Å². The van der Waals surface area contributed by atoms with Crippen LogP contribution >= 0.6 is 11.4 Å². The largest absolute Gasteiger partial charge is 0.262 e. The summed E-state index contributed by atoms with van der Waals surface area (Å²) in [7, 11) is 1.25. The lowest BCUT2D eigenvalue weighted by Crippen LogP contribution is -2.35. The normalized spacial score (nSPS) is 13.2. The van der Waals surface area contributed by atoms with Gasteiger partial charge in [0.05, 0.1) is 0 Å². The lowest BCUT2D eigenvalue weighted by Gasteiger charge is -2.23. The summed E-state index contributed by atoms with van der Waals surface area (Å²) in [6.07, 6.45) is 0. The van der Waals surface area contributed by atoms with Crippen LogP contribution < -0.4 is 0 Å². The molecule has 10 heavy (non-hydrogen) atoms. The first-order valence-corrected chi connectivity index (χ1v) is 7.58. The van der Waals surface area contributed by atoms with Crippen LogP contribution in [0.15, 0.2) is 0 Å². The van der Waals surface area contributed by atoms with Gasteiger partial charge in [0.1, 0.15) is 0 Å². The highest BCUT2D eigenvalue weighted by Crippen LogP contribution is 2.27. The maximum atomic E-state index is 12.2. The molecule has 0 amide bonds. The summed E-state index contributed by atoms with van der Waals surface area (Å²) in [4.78, 5) is 0. The van der Waals surface area contributed by atoms with Crippen LogP contribution in [0.1, 0.15) is 0 Å². The van der Waals surface area contributed by atoms with Crippen molar-refractivity contribution >= 4 is 18.6 Å². The molecule has 62 valence electrons. The van der Waals surface area contributed by atoms with E-state index in [1.54, 1.807) is 31.5 Å². The molecule has 0 saturated carbocycles. The minimum atomic E-state index is -2.33. The summed E-state index contributed by atoms with van der Waals surface area (Å²) in [5.41, 5.74) is 0. The van der Waals surface area contributed by atoms with Crippen molar-refractivity contribution in [3.8, 4) is 0 Å². The number of rotatable bonds is 3. The van der Waals surface area contributed by atoms with Gasteiger partial charge in [-0.2, -0.15) is 0 Å². The van der Waals surface area contributed by atoms with Crippen LogP contribution in [-0.2, 0) is 0 Å². The topological polar surface area (TPSA) is 3.24 Å². The molecule has 0 fully saturated rings. The lowest BCUT2D eigenvalue weighted by atomic mass is 11.3. The Labute approximate surface area is 65.6 Å². The maximum absolute atomic E-state index is 12.2. The molecule has 0 aromatic rings. The summed E-state index contributed by atoms with van der Waals surface area (Å²) >= 11 is 1.29. The Balaban J connectivity index is 3.87. The molecule has 0 heterocycles. The summed E-state index contributed by atoms with van der Waals surface area (Å²) in [5, 5.41) is 0. The van der Waals surface area contributed by atoms with E-state index in [-0.39, 0.29) is 0 Å². The molecule has 0 atom stereocenters. The Hall–Kier alpha value is 0.387. The molecule has 0 unspecified atom stereocenters. The molecular formula is C5H13F2NSSi. The predicted octanol–water partition coefficient (Wildman–Crippen LogP) is 2.21. The maximum Gasteiger partial charge on any atom is 0.233 e. The van der Waals surface area contributed by atoms with Crippen LogP contribution in [0.5, 0.6) is 0 Å². The summed E-state index contributed by atoms with van der Waals surface area (Å²) in [5.74, 6) is 0. The lowest BCUT2D eigenvalue weighted by molar-refractivity contribution is 0.232. The number of hydrogen-bond donors (Lipinski definition) is 0. The number of hydrogen-bond acceptors (Lipinski definition) is 2. The van der Waals surface area contributed by atoms with Gasteiger partial charge >= 0.3 is 0 Å². The quantitative estimate of drug-likeness (QED) is 0.490. The van der Waals surface area contributed by atoms with Gasteiger partial charge in [-0.05, 0) is 14.1 Å². The molecule has 0 spiro atoms. The van der Waals surface area contributed by atoms with Gasteiger partial charge in [0.2, 0.25) is 13.3 Å². The van der Waals surface area contributed by atoms with Gasteiger partial charge in [-0.15, -0.1) is 11.4 Å². The van der Waals surface area contributed by atoms with Crippen molar-refractivity contribution in [3.05, 3.63) is 0 Å². The summed E-state index contributed by atoms with van der Waals surface area (Å²) < 4.78 is 26.1. The Morgan fingerprint density at radius 1 is 1.30 bits per heavy atom. The van der Waals surface area contributed by atoms with Gasteiger partial charge in [0.15, 0.2) is 0 Å². The monoisotopic (exact) mass is 185 g/mol. The molecule has 0 N–H and O–H groups in total. The number of nitrogens with zero attached hydrogens (tertiary/aromatic N) is 1. The Morgan fingerprint density at radius 3 is 1.80 bits per heavy atom. The standard InChI is InChI=1S/C5H13F2NSSi/c1-8(2)9-10(3,4)5(6)7/h5H,1-4H3. The molecule has 0 rings (SSSR count). The molecule has 0 aliphatic carbocycles. The highest BCUT2D eigenvalue weighted by atomic mass is 32.4. The van der Waals surface area contributed by atoms with E-state index < -0.39 is 13.3 Å². The highest BCUT2D eigenvalue weighted by Gasteiger charge is 2.34. The van der Waals surface area contributed by atoms with Gasteiger partial charge in [-0.25, -0.2) is 8.78 Å². The second-order valence-electron chi connectivity index (χ2n) is 2.81. The highest BCUT2D eigenvalue weighted by molar-refractivity contribution is 8.27. The fraction of sp³-hybridized carbons (Fsp3) is 1.00. The number of alkyl halides is 2. The van der Waals surface area contributed by atoms with Gasteiger partial charge in [-0.3, -0.25) is 4.31 Å². The molecule has 0 radical (unpaired) electrons. The first kappa shape index (κ1) is 10.4. The zero-order chi connectivity index (χ0) is 8.36. The van der Waals surface area contributed by atoms with Crippen molar-refractivity contribution in [2.45, 2.75) is 19.1 Å². The van der Waals surface area contributed by atoms with Gasteiger partial charge < -0.3 is 0 Å². The molecular weight excluding hydrogens is 172 g/mol. The van der Waals surface area contributed by atoms with Crippen molar-refractivity contribution in [1.29, 1.82) is 0 Å². The minimum absolute atomic E-state index is 1.29. The van der Waals surface area contributed by atoms with E-state index in [0.717, 1.165) is 0 Å². The fourth-order valence-electron chi connectivity index (χ4n) is 0.510. The summed E-state index contributed by atoms with van der Waals surface area (Å²) in [6.45, 7) is 3.34.